The molecule has 0 fully saturated rings. The Morgan fingerprint density at radius 1 is 1.13 bits per heavy atom. The monoisotopic (exact) mass is 446 g/mol. The molecule has 0 radical (unpaired) electrons. The van der Waals surface area contributed by atoms with Gasteiger partial charge in [-0.3, -0.25) is 4.79 Å². The molecule has 164 valence electrons. The van der Waals surface area contributed by atoms with Crippen LogP contribution in [0.2, 0.25) is 0 Å². The molecule has 9 heteroatoms. The highest BCUT2D eigenvalue weighted by atomic mass is 32.2. The van der Waals surface area contributed by atoms with E-state index in [0.717, 1.165) is 4.31 Å². The summed E-state index contributed by atoms with van der Waals surface area (Å²) in [5.41, 5.74) is 0.601. The van der Waals surface area contributed by atoms with Crippen LogP contribution in [0.15, 0.2) is 63.9 Å². The first kappa shape index (κ1) is 22.5. The lowest BCUT2D eigenvalue weighted by atomic mass is 10.1. The standard InChI is InChI=1S/C22H23FN2O5S/c1-25(2)31(27,28)16-10-12-21(29-3)19(14-16)24-22(26)13-9-15-8-11-20(30-15)17-6-4-5-7-18(17)23/h4-8,10-12,14H,9,13H2,1-3H3,(H,24,26). The van der Waals surface area contributed by atoms with E-state index in [1.807, 2.05) is 0 Å². The van der Waals surface area contributed by atoms with Gasteiger partial charge in [0.1, 0.15) is 23.1 Å². The number of methoxy groups -OCH3 is 1. The van der Waals surface area contributed by atoms with E-state index >= 15 is 0 Å². The molecule has 2 aromatic carbocycles. The van der Waals surface area contributed by atoms with Crippen molar-refractivity contribution in [3.8, 4) is 17.1 Å². The molecule has 0 atom stereocenters. The molecule has 0 spiro atoms. The molecule has 7 nitrogen and oxygen atoms in total. The lowest BCUT2D eigenvalue weighted by Gasteiger charge is -2.15. The predicted octanol–water partition coefficient (Wildman–Crippen LogP) is 3.92. The number of ether oxygens (including phenoxy) is 1. The summed E-state index contributed by atoms with van der Waals surface area (Å²) in [5.74, 6) is 0.523. The minimum atomic E-state index is -3.66. The number of nitrogens with one attached hydrogen (secondary N) is 1. The van der Waals surface area contributed by atoms with Crippen LogP contribution >= 0.6 is 0 Å². The molecule has 0 saturated heterocycles. The topological polar surface area (TPSA) is 88.9 Å². The number of furan rings is 1. The zero-order valence-corrected chi connectivity index (χ0v) is 18.2. The van der Waals surface area contributed by atoms with Gasteiger partial charge in [-0.05, 0) is 42.5 Å². The molecule has 1 heterocycles. The van der Waals surface area contributed by atoms with Crippen molar-refractivity contribution in [3.63, 3.8) is 0 Å². The lowest BCUT2D eigenvalue weighted by molar-refractivity contribution is -0.116. The quantitative estimate of drug-likeness (QED) is 0.567. The molecule has 0 saturated carbocycles. The number of anilines is 1. The smallest absolute Gasteiger partial charge is 0.242 e. The van der Waals surface area contributed by atoms with Gasteiger partial charge in [-0.15, -0.1) is 0 Å². The van der Waals surface area contributed by atoms with Gasteiger partial charge in [0, 0.05) is 26.9 Å². The van der Waals surface area contributed by atoms with Crippen LogP contribution in [-0.4, -0.2) is 39.8 Å². The van der Waals surface area contributed by atoms with Crippen molar-refractivity contribution in [2.24, 2.45) is 0 Å². The molecular weight excluding hydrogens is 423 g/mol. The minimum absolute atomic E-state index is 0.0363. The second-order valence-electron chi connectivity index (χ2n) is 6.94. The summed E-state index contributed by atoms with van der Waals surface area (Å²) >= 11 is 0. The first-order chi connectivity index (χ1) is 14.7. The maximum absolute atomic E-state index is 13.9. The summed E-state index contributed by atoms with van der Waals surface area (Å²) in [6.07, 6.45) is 0.371. The van der Waals surface area contributed by atoms with Crippen LogP contribution in [-0.2, 0) is 21.2 Å². The van der Waals surface area contributed by atoms with Crippen molar-refractivity contribution >= 4 is 21.6 Å². The van der Waals surface area contributed by atoms with Crippen molar-refractivity contribution in [2.75, 3.05) is 26.5 Å². The maximum atomic E-state index is 13.9. The van der Waals surface area contributed by atoms with Crippen LogP contribution in [0.25, 0.3) is 11.3 Å². The fourth-order valence-corrected chi connectivity index (χ4v) is 3.85. The summed E-state index contributed by atoms with van der Waals surface area (Å²) in [4.78, 5) is 12.5. The number of hydrogen-bond acceptors (Lipinski definition) is 5. The molecule has 0 aliphatic rings. The molecule has 0 bridgehead atoms. The first-order valence-corrected chi connectivity index (χ1v) is 10.9. The Bertz CT molecular complexity index is 1190. The number of rotatable bonds is 8. The Morgan fingerprint density at radius 3 is 2.55 bits per heavy atom. The average Bonchev–Trinajstić information content (AvgIpc) is 3.21. The van der Waals surface area contributed by atoms with E-state index < -0.39 is 10.0 Å². The Morgan fingerprint density at radius 2 is 1.87 bits per heavy atom. The number of carbonyl (C=O) groups is 1. The molecule has 1 N–H and O–H groups in total. The zero-order chi connectivity index (χ0) is 22.6. The molecule has 0 unspecified atom stereocenters. The van der Waals surface area contributed by atoms with Gasteiger partial charge in [-0.1, -0.05) is 12.1 Å². The van der Waals surface area contributed by atoms with Crippen LogP contribution in [0.3, 0.4) is 0 Å². The van der Waals surface area contributed by atoms with Gasteiger partial charge in [0.2, 0.25) is 15.9 Å². The fraction of sp³-hybridized carbons (Fsp3) is 0.227. The van der Waals surface area contributed by atoms with Crippen molar-refractivity contribution < 1.29 is 26.8 Å². The molecule has 0 aliphatic heterocycles. The van der Waals surface area contributed by atoms with Crippen molar-refractivity contribution in [3.05, 3.63) is 66.2 Å². The maximum Gasteiger partial charge on any atom is 0.242 e. The molecule has 0 aliphatic carbocycles. The van der Waals surface area contributed by atoms with Crippen molar-refractivity contribution in [1.82, 2.24) is 4.31 Å². The molecule has 31 heavy (non-hydrogen) atoms. The highest BCUT2D eigenvalue weighted by molar-refractivity contribution is 7.89. The van der Waals surface area contributed by atoms with Crippen LogP contribution in [0.4, 0.5) is 10.1 Å². The Kier molecular flexibility index (Phi) is 6.77. The zero-order valence-electron chi connectivity index (χ0n) is 17.4. The second-order valence-corrected chi connectivity index (χ2v) is 9.10. The normalized spacial score (nSPS) is 11.5. The number of sulfonamides is 1. The number of amides is 1. The van der Waals surface area contributed by atoms with Gasteiger partial charge < -0.3 is 14.5 Å². The molecule has 1 aromatic heterocycles. The number of hydrogen-bond donors (Lipinski definition) is 1. The third kappa shape index (κ3) is 5.12. The highest BCUT2D eigenvalue weighted by Gasteiger charge is 2.20. The van der Waals surface area contributed by atoms with Gasteiger partial charge in [-0.25, -0.2) is 17.1 Å². The van der Waals surface area contributed by atoms with Gasteiger partial charge in [0.25, 0.3) is 0 Å². The summed E-state index contributed by atoms with van der Waals surface area (Å²) < 4.78 is 50.6. The Hall–Kier alpha value is -3.17. The third-order valence-corrected chi connectivity index (χ3v) is 6.43. The molecule has 3 aromatic rings. The first-order valence-electron chi connectivity index (χ1n) is 9.46. The van der Waals surface area contributed by atoms with E-state index in [9.17, 15) is 17.6 Å². The Balaban J connectivity index is 1.70. The van der Waals surface area contributed by atoms with Gasteiger partial charge in [-0.2, -0.15) is 0 Å². The van der Waals surface area contributed by atoms with Crippen LogP contribution in [0, 0.1) is 5.82 Å². The number of halogens is 1. The van der Waals surface area contributed by atoms with E-state index in [2.05, 4.69) is 5.32 Å². The predicted molar refractivity (Wildman–Crippen MR) is 115 cm³/mol. The third-order valence-electron chi connectivity index (χ3n) is 4.62. The van der Waals surface area contributed by atoms with Crippen molar-refractivity contribution in [1.29, 1.82) is 0 Å². The lowest BCUT2D eigenvalue weighted by Crippen LogP contribution is -2.22. The van der Waals surface area contributed by atoms with Crippen LogP contribution in [0.1, 0.15) is 12.2 Å². The van der Waals surface area contributed by atoms with E-state index in [-0.39, 0.29) is 35.1 Å². The minimum Gasteiger partial charge on any atom is -0.495 e. The Labute approximate surface area is 180 Å². The van der Waals surface area contributed by atoms with Crippen LogP contribution in [0.5, 0.6) is 5.75 Å². The molecule has 1 amide bonds. The highest BCUT2D eigenvalue weighted by Crippen LogP contribution is 2.29. The van der Waals surface area contributed by atoms with E-state index in [1.54, 1.807) is 30.3 Å². The number of benzene rings is 2. The SMILES string of the molecule is COc1ccc(S(=O)(=O)N(C)C)cc1NC(=O)CCc1ccc(-c2ccccc2F)o1. The summed E-state index contributed by atoms with van der Waals surface area (Å²) in [7, 11) is 0.622. The van der Waals surface area contributed by atoms with Gasteiger partial charge >= 0.3 is 0 Å². The number of aryl methyl sites for hydroxylation is 1. The van der Waals surface area contributed by atoms with Gasteiger partial charge in [0.15, 0.2) is 0 Å². The van der Waals surface area contributed by atoms with E-state index in [1.165, 1.54) is 45.5 Å². The van der Waals surface area contributed by atoms with E-state index in [0.29, 0.717) is 22.8 Å². The summed E-state index contributed by atoms with van der Waals surface area (Å²) in [6, 6.07) is 13.9. The average molecular weight is 447 g/mol. The number of carbonyl (C=O) groups excluding carboxylic acids is 1. The van der Waals surface area contributed by atoms with E-state index in [4.69, 9.17) is 9.15 Å². The summed E-state index contributed by atoms with van der Waals surface area (Å²) in [6.45, 7) is 0. The van der Waals surface area contributed by atoms with Crippen LogP contribution < -0.4 is 10.1 Å². The van der Waals surface area contributed by atoms with Gasteiger partial charge in [0.05, 0.1) is 23.3 Å². The molecule has 3 rings (SSSR count). The number of nitrogens with zero attached hydrogens (tertiary/aromatic N) is 1. The summed E-state index contributed by atoms with van der Waals surface area (Å²) in [5, 5.41) is 2.68. The second kappa shape index (κ2) is 9.32. The fourth-order valence-electron chi connectivity index (χ4n) is 2.92. The largest absolute Gasteiger partial charge is 0.495 e. The molecular formula is C22H23FN2O5S. The van der Waals surface area contributed by atoms with Crippen molar-refractivity contribution in [2.45, 2.75) is 17.7 Å².